The Morgan fingerprint density at radius 2 is 1.92 bits per heavy atom. The number of imidazole rings is 1. The molecule has 0 aliphatic carbocycles. The van der Waals surface area contributed by atoms with Crippen molar-refractivity contribution in [1.82, 2.24) is 20.2 Å². The van der Waals surface area contributed by atoms with Crippen LogP contribution in [-0.4, -0.2) is 28.5 Å². The van der Waals surface area contributed by atoms with E-state index in [-0.39, 0.29) is 11.9 Å². The third kappa shape index (κ3) is 4.09. The van der Waals surface area contributed by atoms with Crippen molar-refractivity contribution in [2.24, 2.45) is 11.8 Å². The first-order valence-electron chi connectivity index (χ1n) is 9.94. The molecule has 2 N–H and O–H groups in total. The van der Waals surface area contributed by atoms with Crippen molar-refractivity contribution in [3.05, 3.63) is 30.1 Å². The van der Waals surface area contributed by atoms with E-state index < -0.39 is 0 Å². The van der Waals surface area contributed by atoms with Gasteiger partial charge in [-0.1, -0.05) is 19.1 Å². The molecular formula is C21H32N4O. The van der Waals surface area contributed by atoms with Crippen molar-refractivity contribution >= 4 is 16.9 Å². The second-order valence-electron chi connectivity index (χ2n) is 7.98. The standard InChI is InChI=1S/C21H32N4O/c1-14(2)25-19-8-6-5-7-18(19)24-21(25)16(4)23-20(26)13-15(3)17-9-11-22-12-10-17/h5-8,14-17,22H,9-13H2,1-4H3,(H,23,26). The van der Waals surface area contributed by atoms with Gasteiger partial charge in [0, 0.05) is 12.5 Å². The number of nitrogens with zero attached hydrogens (tertiary/aromatic N) is 2. The third-order valence-electron chi connectivity index (χ3n) is 5.60. The molecule has 0 radical (unpaired) electrons. The lowest BCUT2D eigenvalue weighted by atomic mass is 9.84. The maximum Gasteiger partial charge on any atom is 0.220 e. The molecule has 26 heavy (non-hydrogen) atoms. The van der Waals surface area contributed by atoms with E-state index in [2.05, 4.69) is 42.0 Å². The molecule has 142 valence electrons. The van der Waals surface area contributed by atoms with Gasteiger partial charge in [-0.15, -0.1) is 0 Å². The smallest absolute Gasteiger partial charge is 0.220 e. The highest BCUT2D eigenvalue weighted by Gasteiger charge is 2.24. The molecule has 0 saturated carbocycles. The minimum absolute atomic E-state index is 0.0995. The van der Waals surface area contributed by atoms with Crippen molar-refractivity contribution in [1.29, 1.82) is 0 Å². The number of carbonyl (C=O) groups is 1. The summed E-state index contributed by atoms with van der Waals surface area (Å²) in [6.07, 6.45) is 2.94. The SMILES string of the molecule is CC(NC(=O)CC(C)C1CCNCC1)c1nc2ccccc2n1C(C)C. The van der Waals surface area contributed by atoms with Gasteiger partial charge in [0.2, 0.25) is 5.91 Å². The molecule has 0 spiro atoms. The number of hydrogen-bond donors (Lipinski definition) is 2. The van der Waals surface area contributed by atoms with Gasteiger partial charge in [0.1, 0.15) is 5.82 Å². The predicted molar refractivity (Wildman–Crippen MR) is 106 cm³/mol. The lowest BCUT2D eigenvalue weighted by molar-refractivity contribution is -0.123. The van der Waals surface area contributed by atoms with Gasteiger partial charge in [0.15, 0.2) is 0 Å². The highest BCUT2D eigenvalue weighted by atomic mass is 16.1. The molecule has 0 bridgehead atoms. The Bertz CT molecular complexity index is 746. The first kappa shape index (κ1) is 18.9. The van der Waals surface area contributed by atoms with Gasteiger partial charge in [0.25, 0.3) is 0 Å². The summed E-state index contributed by atoms with van der Waals surface area (Å²) in [7, 11) is 0. The minimum atomic E-state index is -0.0995. The number of amides is 1. The van der Waals surface area contributed by atoms with Crippen molar-refractivity contribution in [3.8, 4) is 0 Å². The topological polar surface area (TPSA) is 59.0 Å². The van der Waals surface area contributed by atoms with Crippen LogP contribution in [0.4, 0.5) is 0 Å². The van der Waals surface area contributed by atoms with Gasteiger partial charge in [-0.2, -0.15) is 0 Å². The monoisotopic (exact) mass is 356 g/mol. The summed E-state index contributed by atoms with van der Waals surface area (Å²) >= 11 is 0. The Labute approximate surface area is 156 Å². The van der Waals surface area contributed by atoms with Gasteiger partial charge in [-0.05, 0) is 70.7 Å². The van der Waals surface area contributed by atoms with Gasteiger partial charge in [0.05, 0.1) is 17.1 Å². The van der Waals surface area contributed by atoms with E-state index in [0.29, 0.717) is 24.3 Å². The Hall–Kier alpha value is -1.88. The third-order valence-corrected chi connectivity index (χ3v) is 5.60. The molecule has 2 atom stereocenters. The van der Waals surface area contributed by atoms with Crippen molar-refractivity contribution in [3.63, 3.8) is 0 Å². The second kappa shape index (κ2) is 8.21. The van der Waals surface area contributed by atoms with Crippen molar-refractivity contribution in [2.45, 2.75) is 59.0 Å². The predicted octanol–water partition coefficient (Wildman–Crippen LogP) is 3.82. The van der Waals surface area contributed by atoms with E-state index in [1.165, 1.54) is 12.8 Å². The largest absolute Gasteiger partial charge is 0.346 e. The molecule has 1 aromatic heterocycles. The Balaban J connectivity index is 1.69. The van der Waals surface area contributed by atoms with Crippen LogP contribution >= 0.6 is 0 Å². The number of carbonyl (C=O) groups excluding carboxylic acids is 1. The molecule has 2 aromatic rings. The average molecular weight is 357 g/mol. The summed E-state index contributed by atoms with van der Waals surface area (Å²) < 4.78 is 2.23. The van der Waals surface area contributed by atoms with E-state index in [1.807, 2.05) is 25.1 Å². The maximum atomic E-state index is 12.6. The molecule has 1 fully saturated rings. The van der Waals surface area contributed by atoms with Crippen LogP contribution in [0.5, 0.6) is 0 Å². The number of fused-ring (bicyclic) bond motifs is 1. The Kier molecular flexibility index (Phi) is 5.97. The fraction of sp³-hybridized carbons (Fsp3) is 0.619. The van der Waals surface area contributed by atoms with Crippen molar-refractivity contribution in [2.75, 3.05) is 13.1 Å². The summed E-state index contributed by atoms with van der Waals surface area (Å²) in [5.74, 6) is 2.14. The fourth-order valence-electron chi connectivity index (χ4n) is 4.15. The quantitative estimate of drug-likeness (QED) is 0.827. The summed E-state index contributed by atoms with van der Waals surface area (Å²) in [5, 5.41) is 6.58. The molecule has 1 aliphatic rings. The van der Waals surface area contributed by atoms with Crippen LogP contribution in [0.3, 0.4) is 0 Å². The zero-order chi connectivity index (χ0) is 18.7. The molecule has 5 nitrogen and oxygen atoms in total. The lowest BCUT2D eigenvalue weighted by Crippen LogP contribution is -2.34. The first-order valence-corrected chi connectivity index (χ1v) is 9.94. The van der Waals surface area contributed by atoms with Crippen molar-refractivity contribution < 1.29 is 4.79 Å². The maximum absolute atomic E-state index is 12.6. The molecule has 3 rings (SSSR count). The van der Waals surface area contributed by atoms with E-state index >= 15 is 0 Å². The number of aromatic nitrogens is 2. The van der Waals surface area contributed by atoms with E-state index in [9.17, 15) is 4.79 Å². The summed E-state index contributed by atoms with van der Waals surface area (Å²) in [5.41, 5.74) is 2.11. The Morgan fingerprint density at radius 1 is 1.23 bits per heavy atom. The number of para-hydroxylation sites is 2. The number of rotatable bonds is 6. The molecule has 5 heteroatoms. The van der Waals surface area contributed by atoms with E-state index in [0.717, 1.165) is 29.9 Å². The van der Waals surface area contributed by atoms with Crippen LogP contribution < -0.4 is 10.6 Å². The zero-order valence-corrected chi connectivity index (χ0v) is 16.5. The molecule has 1 aliphatic heterocycles. The van der Waals surface area contributed by atoms with Gasteiger partial charge in [-0.25, -0.2) is 4.98 Å². The molecule has 1 aromatic carbocycles. The normalized spacial score (nSPS) is 18.2. The van der Waals surface area contributed by atoms with Gasteiger partial charge < -0.3 is 15.2 Å². The van der Waals surface area contributed by atoms with Crippen LogP contribution in [0.2, 0.25) is 0 Å². The highest BCUT2D eigenvalue weighted by Crippen LogP contribution is 2.26. The van der Waals surface area contributed by atoms with Crippen LogP contribution in [0.1, 0.15) is 64.9 Å². The molecule has 2 unspecified atom stereocenters. The van der Waals surface area contributed by atoms with E-state index in [4.69, 9.17) is 4.98 Å². The molecule has 1 saturated heterocycles. The summed E-state index contributed by atoms with van der Waals surface area (Å²) in [6, 6.07) is 8.37. The number of hydrogen-bond acceptors (Lipinski definition) is 3. The Morgan fingerprint density at radius 3 is 2.62 bits per heavy atom. The van der Waals surface area contributed by atoms with Gasteiger partial charge >= 0.3 is 0 Å². The van der Waals surface area contributed by atoms with Crippen LogP contribution in [0.25, 0.3) is 11.0 Å². The zero-order valence-electron chi connectivity index (χ0n) is 16.5. The molecule has 1 amide bonds. The molecular weight excluding hydrogens is 324 g/mol. The average Bonchev–Trinajstić information content (AvgIpc) is 3.02. The molecule has 2 heterocycles. The minimum Gasteiger partial charge on any atom is -0.346 e. The number of nitrogens with one attached hydrogen (secondary N) is 2. The van der Waals surface area contributed by atoms with Crippen LogP contribution in [0, 0.1) is 11.8 Å². The van der Waals surface area contributed by atoms with Crippen LogP contribution in [0.15, 0.2) is 24.3 Å². The number of piperidine rings is 1. The van der Waals surface area contributed by atoms with Gasteiger partial charge in [-0.3, -0.25) is 4.79 Å². The van der Waals surface area contributed by atoms with E-state index in [1.54, 1.807) is 0 Å². The first-order chi connectivity index (χ1) is 12.5. The fourth-order valence-corrected chi connectivity index (χ4v) is 4.15. The second-order valence-corrected chi connectivity index (χ2v) is 7.98. The summed E-state index contributed by atoms with van der Waals surface area (Å²) in [4.78, 5) is 17.4. The lowest BCUT2D eigenvalue weighted by Gasteiger charge is -2.28. The number of benzene rings is 1. The van der Waals surface area contributed by atoms with Crippen LogP contribution in [-0.2, 0) is 4.79 Å². The summed E-state index contributed by atoms with van der Waals surface area (Å²) in [6.45, 7) is 10.7. The highest BCUT2D eigenvalue weighted by molar-refractivity contribution is 5.78.